The molecule has 1 aliphatic rings. The van der Waals surface area contributed by atoms with E-state index in [0.717, 1.165) is 0 Å². The molecule has 1 saturated carbocycles. The largest absolute Gasteiger partial charge is 0.464 e. The van der Waals surface area contributed by atoms with Gasteiger partial charge in [0, 0.05) is 11.3 Å². The van der Waals surface area contributed by atoms with Gasteiger partial charge in [0.05, 0.1) is 7.11 Å². The van der Waals surface area contributed by atoms with Gasteiger partial charge >= 0.3 is 5.97 Å². The SMILES string of the molecule is COC(=O)c1csc(C#CC2CC2)n1. The van der Waals surface area contributed by atoms with Crippen molar-refractivity contribution in [3.05, 3.63) is 16.1 Å². The second-order valence-electron chi connectivity index (χ2n) is 3.07. The fraction of sp³-hybridized carbons (Fsp3) is 0.400. The van der Waals surface area contributed by atoms with Gasteiger partial charge in [0.15, 0.2) is 10.7 Å². The maximum atomic E-state index is 11.1. The lowest BCUT2D eigenvalue weighted by atomic mass is 10.4. The van der Waals surface area contributed by atoms with Gasteiger partial charge in [-0.25, -0.2) is 9.78 Å². The molecule has 2 rings (SSSR count). The summed E-state index contributed by atoms with van der Waals surface area (Å²) in [4.78, 5) is 15.1. The summed E-state index contributed by atoms with van der Waals surface area (Å²) in [5.74, 6) is 6.20. The Morgan fingerprint density at radius 3 is 3.14 bits per heavy atom. The molecule has 0 aliphatic heterocycles. The first-order valence-corrected chi connectivity index (χ1v) is 5.23. The molecule has 1 heterocycles. The lowest BCUT2D eigenvalue weighted by Crippen LogP contribution is -2.00. The van der Waals surface area contributed by atoms with Gasteiger partial charge in [-0.2, -0.15) is 0 Å². The Hall–Kier alpha value is -1.34. The molecule has 72 valence electrons. The van der Waals surface area contributed by atoms with Crippen LogP contribution < -0.4 is 0 Å². The predicted molar refractivity (Wildman–Crippen MR) is 53.1 cm³/mol. The Morgan fingerprint density at radius 1 is 1.71 bits per heavy atom. The van der Waals surface area contributed by atoms with Crippen LogP contribution in [0.1, 0.15) is 28.3 Å². The van der Waals surface area contributed by atoms with Crippen molar-refractivity contribution in [3.8, 4) is 11.8 Å². The van der Waals surface area contributed by atoms with E-state index in [2.05, 4.69) is 21.6 Å². The van der Waals surface area contributed by atoms with Crippen LogP contribution in [0, 0.1) is 17.8 Å². The van der Waals surface area contributed by atoms with Gasteiger partial charge in [-0.15, -0.1) is 11.3 Å². The number of hydrogen-bond donors (Lipinski definition) is 0. The molecule has 0 spiro atoms. The maximum absolute atomic E-state index is 11.1. The van der Waals surface area contributed by atoms with E-state index in [9.17, 15) is 4.79 Å². The highest BCUT2D eigenvalue weighted by molar-refractivity contribution is 7.10. The summed E-state index contributed by atoms with van der Waals surface area (Å²) in [7, 11) is 1.34. The normalized spacial score (nSPS) is 14.4. The molecule has 0 saturated heterocycles. The van der Waals surface area contributed by atoms with E-state index in [-0.39, 0.29) is 0 Å². The number of nitrogens with zero attached hydrogens (tertiary/aromatic N) is 1. The molecule has 14 heavy (non-hydrogen) atoms. The zero-order valence-electron chi connectivity index (χ0n) is 7.74. The average Bonchev–Trinajstić information content (AvgIpc) is 2.92. The fourth-order valence-electron chi connectivity index (χ4n) is 0.921. The van der Waals surface area contributed by atoms with Gasteiger partial charge in [0.25, 0.3) is 0 Å². The van der Waals surface area contributed by atoms with Crippen LogP contribution in [0.25, 0.3) is 0 Å². The summed E-state index contributed by atoms with van der Waals surface area (Å²) in [5.41, 5.74) is 0.345. The molecule has 1 aromatic rings. The quantitative estimate of drug-likeness (QED) is 0.519. The number of carbonyl (C=O) groups is 1. The van der Waals surface area contributed by atoms with Crippen molar-refractivity contribution in [1.82, 2.24) is 4.98 Å². The second-order valence-corrected chi connectivity index (χ2v) is 3.93. The van der Waals surface area contributed by atoms with Gasteiger partial charge in [-0.1, -0.05) is 5.92 Å². The standard InChI is InChI=1S/C10H9NO2S/c1-13-10(12)8-6-14-9(11-8)5-4-7-2-3-7/h6-7H,2-3H2,1H3. The van der Waals surface area contributed by atoms with E-state index >= 15 is 0 Å². The third-order valence-corrected chi connectivity index (χ3v) is 2.62. The first kappa shape index (κ1) is 9.22. The zero-order chi connectivity index (χ0) is 9.97. The highest BCUT2D eigenvalue weighted by atomic mass is 32.1. The summed E-state index contributed by atoms with van der Waals surface area (Å²) >= 11 is 1.38. The van der Waals surface area contributed by atoms with Crippen molar-refractivity contribution >= 4 is 17.3 Å². The van der Waals surface area contributed by atoms with E-state index in [0.29, 0.717) is 16.6 Å². The van der Waals surface area contributed by atoms with Crippen LogP contribution in [-0.4, -0.2) is 18.1 Å². The van der Waals surface area contributed by atoms with E-state index in [1.165, 1.54) is 31.3 Å². The molecule has 1 aliphatic carbocycles. The maximum Gasteiger partial charge on any atom is 0.357 e. The Morgan fingerprint density at radius 2 is 2.50 bits per heavy atom. The third kappa shape index (κ3) is 2.12. The van der Waals surface area contributed by atoms with Crippen LogP contribution >= 0.6 is 11.3 Å². The molecule has 0 bridgehead atoms. The number of rotatable bonds is 1. The second kappa shape index (κ2) is 3.81. The van der Waals surface area contributed by atoms with Crippen molar-refractivity contribution < 1.29 is 9.53 Å². The Balaban J connectivity index is 2.09. The topological polar surface area (TPSA) is 39.2 Å². The highest BCUT2D eigenvalue weighted by Gasteiger charge is 2.18. The molecular formula is C10H9NO2S. The Labute approximate surface area is 86.1 Å². The first-order chi connectivity index (χ1) is 6.79. The molecule has 0 N–H and O–H groups in total. The minimum atomic E-state index is -0.402. The Kier molecular flexibility index (Phi) is 2.51. The summed E-state index contributed by atoms with van der Waals surface area (Å²) in [6.45, 7) is 0. The number of ether oxygens (including phenoxy) is 1. The van der Waals surface area contributed by atoms with Crippen LogP contribution in [0.5, 0.6) is 0 Å². The molecule has 1 fully saturated rings. The lowest BCUT2D eigenvalue weighted by molar-refractivity contribution is 0.0595. The number of thiazole rings is 1. The third-order valence-electron chi connectivity index (χ3n) is 1.86. The molecule has 0 atom stereocenters. The molecule has 3 nitrogen and oxygen atoms in total. The van der Waals surface area contributed by atoms with Gasteiger partial charge in [-0.05, 0) is 18.8 Å². The lowest BCUT2D eigenvalue weighted by Gasteiger charge is -1.89. The highest BCUT2D eigenvalue weighted by Crippen LogP contribution is 2.27. The van der Waals surface area contributed by atoms with E-state index in [1.807, 2.05) is 0 Å². The van der Waals surface area contributed by atoms with Crippen LogP contribution in [-0.2, 0) is 4.74 Å². The summed E-state index contributed by atoms with van der Waals surface area (Å²) in [6, 6.07) is 0. The van der Waals surface area contributed by atoms with Crippen LogP contribution in [0.15, 0.2) is 5.38 Å². The molecule has 0 amide bonds. The summed E-state index contributed by atoms with van der Waals surface area (Å²) < 4.78 is 4.54. The number of hydrogen-bond acceptors (Lipinski definition) is 4. The number of aromatic nitrogens is 1. The van der Waals surface area contributed by atoms with Crippen molar-refractivity contribution in [2.24, 2.45) is 5.92 Å². The smallest absolute Gasteiger partial charge is 0.357 e. The van der Waals surface area contributed by atoms with Crippen LogP contribution in [0.3, 0.4) is 0 Å². The minimum Gasteiger partial charge on any atom is -0.464 e. The van der Waals surface area contributed by atoms with Crippen molar-refractivity contribution in [3.63, 3.8) is 0 Å². The average molecular weight is 207 g/mol. The molecule has 1 aromatic heterocycles. The number of esters is 1. The van der Waals surface area contributed by atoms with E-state index in [4.69, 9.17) is 0 Å². The summed E-state index contributed by atoms with van der Waals surface area (Å²) in [5, 5.41) is 2.36. The van der Waals surface area contributed by atoms with Crippen LogP contribution in [0.2, 0.25) is 0 Å². The summed E-state index contributed by atoms with van der Waals surface area (Å²) in [6.07, 6.45) is 2.39. The number of carbonyl (C=O) groups excluding carboxylic acids is 1. The van der Waals surface area contributed by atoms with Gasteiger partial charge < -0.3 is 4.74 Å². The number of methoxy groups -OCH3 is 1. The fourth-order valence-corrected chi connectivity index (χ4v) is 1.56. The molecule has 4 heteroatoms. The van der Waals surface area contributed by atoms with Crippen molar-refractivity contribution in [2.45, 2.75) is 12.8 Å². The van der Waals surface area contributed by atoms with Crippen molar-refractivity contribution in [1.29, 1.82) is 0 Å². The van der Waals surface area contributed by atoms with E-state index in [1.54, 1.807) is 5.38 Å². The molecule has 0 aromatic carbocycles. The van der Waals surface area contributed by atoms with Gasteiger partial charge in [-0.3, -0.25) is 0 Å². The Bertz CT molecular complexity index is 409. The molecule has 0 radical (unpaired) electrons. The van der Waals surface area contributed by atoms with E-state index < -0.39 is 5.97 Å². The zero-order valence-corrected chi connectivity index (χ0v) is 8.56. The predicted octanol–water partition coefficient (Wildman–Crippen LogP) is 1.69. The van der Waals surface area contributed by atoms with Crippen LogP contribution in [0.4, 0.5) is 0 Å². The van der Waals surface area contributed by atoms with Gasteiger partial charge in [0.2, 0.25) is 0 Å². The molecular weight excluding hydrogens is 198 g/mol. The van der Waals surface area contributed by atoms with Crippen molar-refractivity contribution in [2.75, 3.05) is 7.11 Å². The minimum absolute atomic E-state index is 0.345. The van der Waals surface area contributed by atoms with Gasteiger partial charge in [0.1, 0.15) is 0 Å². The monoisotopic (exact) mass is 207 g/mol. The first-order valence-electron chi connectivity index (χ1n) is 4.35. The molecule has 0 unspecified atom stereocenters.